The molecule has 26 heteroatoms. The Kier molecular flexibility index (Phi) is 19.6. The topological polar surface area (TPSA) is 421 Å². The van der Waals surface area contributed by atoms with E-state index in [2.05, 4.69) is 41.2 Å². The first kappa shape index (κ1) is 57.4. The van der Waals surface area contributed by atoms with Gasteiger partial charge in [-0.2, -0.15) is 0 Å². The van der Waals surface area contributed by atoms with E-state index in [0.717, 1.165) is 21.8 Å². The van der Waals surface area contributed by atoms with Crippen LogP contribution < -0.4 is 49.9 Å². The molecule has 7 amide bonds. The molecule has 3 fully saturated rings. The van der Waals surface area contributed by atoms with Crippen LogP contribution in [-0.2, 0) is 51.2 Å². The monoisotopic (exact) mass is 1080 g/mol. The Labute approximate surface area is 449 Å². The van der Waals surface area contributed by atoms with Crippen molar-refractivity contribution in [3.8, 4) is 0 Å². The smallest absolute Gasteiger partial charge is 0.326 e. The highest BCUT2D eigenvalue weighted by Gasteiger charge is 2.44. The zero-order chi connectivity index (χ0) is 56.0. The predicted octanol–water partition coefficient (Wildman–Crippen LogP) is -2.14. The number of hydrogen-bond acceptors (Lipinski definition) is 12. The zero-order valence-corrected chi connectivity index (χ0v) is 43.4. The minimum Gasteiger partial charge on any atom is -0.480 e. The van der Waals surface area contributed by atoms with E-state index >= 15 is 4.79 Å². The molecule has 5 heterocycles. The van der Waals surface area contributed by atoms with Crippen LogP contribution in [0.3, 0.4) is 0 Å². The van der Waals surface area contributed by atoms with Crippen molar-refractivity contribution in [2.45, 2.75) is 125 Å². The standard InChI is InChI=1S/C52H72N16O10/c53-33(28-69)47(74)68-23-9-18-42(68)49(76)67-22-8-17-41(67)46(73)62-36(14-5-19-58-51(54)55)43(70)64-38(24-29-26-60-34-12-3-1-10-31(29)34)48(75)66-21-7-16-40(66)45(72)63-37(15-6-20-59-52(56)57)44(71)65-39(50(77)78)25-30-27-61-35-13-4-2-11-32(30)35/h1-4,10-13,26-27,33,36-42,60-61,69H,5-9,14-25,28,53H2,(H,62,73)(H,63,72)(H,64,70)(H,65,71)(H,77,78)(H4,54,55,58)(H4,56,57,59). The van der Waals surface area contributed by atoms with E-state index in [1.807, 2.05) is 48.5 Å². The molecule has 7 rings (SSSR count). The third kappa shape index (κ3) is 14.2. The molecule has 0 spiro atoms. The molecule has 0 radical (unpaired) electrons. The number of nitrogens with zero attached hydrogens (tertiary/aromatic N) is 5. The third-order valence-electron chi connectivity index (χ3n) is 14.6. The van der Waals surface area contributed by atoms with Crippen LogP contribution >= 0.6 is 0 Å². The fraction of sp³-hybridized carbons (Fsp3) is 0.500. The molecule has 3 aliphatic rings. The summed E-state index contributed by atoms with van der Waals surface area (Å²) in [6, 6.07) is 5.20. The molecule has 0 saturated carbocycles. The lowest BCUT2D eigenvalue weighted by molar-refractivity contribution is -0.147. The van der Waals surface area contributed by atoms with E-state index in [9.17, 15) is 43.8 Å². The Balaban J connectivity index is 1.11. The van der Waals surface area contributed by atoms with E-state index in [1.54, 1.807) is 12.4 Å². The number of nitrogens with two attached hydrogens (primary N) is 5. The van der Waals surface area contributed by atoms with Gasteiger partial charge in [-0.1, -0.05) is 36.4 Å². The van der Waals surface area contributed by atoms with Crippen LogP contribution in [0.5, 0.6) is 0 Å². The number of aliphatic hydroxyl groups is 1. The predicted molar refractivity (Wildman–Crippen MR) is 288 cm³/mol. The number of carbonyl (C=O) groups is 8. The number of nitrogens with one attached hydrogen (secondary N) is 6. The van der Waals surface area contributed by atoms with Gasteiger partial charge in [0, 0.05) is 79.8 Å². The minimum atomic E-state index is -1.38. The molecule has 0 bridgehead atoms. The number of H-pyrrole nitrogens is 2. The number of guanidine groups is 2. The number of aliphatic imine (C=N–C) groups is 2. The quantitative estimate of drug-likeness (QED) is 0.0191. The molecule has 26 nitrogen and oxygen atoms in total. The van der Waals surface area contributed by atoms with Gasteiger partial charge in [0.05, 0.1) is 6.61 Å². The maximum Gasteiger partial charge on any atom is 0.326 e. The molecule has 0 aliphatic carbocycles. The van der Waals surface area contributed by atoms with E-state index in [0.29, 0.717) is 36.8 Å². The second-order valence-corrected chi connectivity index (χ2v) is 20.0. The SMILES string of the molecule is NC(N)=NCCCC(NC(=O)C1CCCN1C(=O)C(Cc1c[nH]c2ccccc12)NC(=O)C(CCCN=C(N)N)NC(=O)C1CCCN1C(=O)C1CCCN1C(=O)C(N)CO)C(=O)NC(Cc1c[nH]c2ccccc12)C(=O)O. The minimum absolute atomic E-state index is 0.00112. The van der Waals surface area contributed by atoms with Crippen molar-refractivity contribution in [3.05, 3.63) is 72.1 Å². The summed E-state index contributed by atoms with van der Waals surface area (Å²) >= 11 is 0. The highest BCUT2D eigenvalue weighted by molar-refractivity contribution is 5.99. The van der Waals surface area contributed by atoms with Crippen molar-refractivity contribution in [3.63, 3.8) is 0 Å². The van der Waals surface area contributed by atoms with E-state index < -0.39 is 102 Å². The third-order valence-corrected chi connectivity index (χ3v) is 14.6. The maximum atomic E-state index is 15.1. The van der Waals surface area contributed by atoms with Crippen LogP contribution in [0.4, 0.5) is 0 Å². The molecule has 2 aromatic heterocycles. The first-order valence-corrected chi connectivity index (χ1v) is 26.4. The van der Waals surface area contributed by atoms with Crippen LogP contribution in [0.25, 0.3) is 21.8 Å². The Bertz CT molecular complexity index is 2880. The number of fused-ring (bicyclic) bond motifs is 2. The molecule has 8 atom stereocenters. The number of aromatic nitrogens is 2. The average molecular weight is 1080 g/mol. The van der Waals surface area contributed by atoms with Gasteiger partial charge < -0.3 is 84.8 Å². The van der Waals surface area contributed by atoms with Crippen molar-refractivity contribution in [2.75, 3.05) is 39.3 Å². The van der Waals surface area contributed by atoms with Gasteiger partial charge >= 0.3 is 5.97 Å². The Hall–Kier alpha value is -8.26. The number of para-hydroxylation sites is 2. The van der Waals surface area contributed by atoms with Crippen LogP contribution in [0, 0.1) is 0 Å². The fourth-order valence-corrected chi connectivity index (χ4v) is 10.6. The largest absolute Gasteiger partial charge is 0.480 e. The molecular formula is C52H72N16O10. The summed E-state index contributed by atoms with van der Waals surface area (Å²) < 4.78 is 0. The molecule has 3 aliphatic heterocycles. The number of likely N-dealkylation sites (tertiary alicyclic amines) is 3. The normalized spacial score (nSPS) is 19.1. The number of aliphatic hydroxyl groups excluding tert-OH is 1. The highest BCUT2D eigenvalue weighted by atomic mass is 16.4. The van der Waals surface area contributed by atoms with Gasteiger partial charge in [-0.25, -0.2) is 4.79 Å². The number of aromatic amines is 2. The number of carbonyl (C=O) groups excluding carboxylic acids is 7. The summed E-state index contributed by atoms with van der Waals surface area (Å²) in [5.74, 6) is -6.16. The second-order valence-electron chi connectivity index (χ2n) is 20.0. The molecule has 8 unspecified atom stereocenters. The van der Waals surface area contributed by atoms with E-state index in [-0.39, 0.29) is 96.0 Å². The Morgan fingerprint density at radius 1 is 0.590 bits per heavy atom. The molecular weight excluding hydrogens is 1010 g/mol. The van der Waals surface area contributed by atoms with Gasteiger partial charge in [0.15, 0.2) is 11.9 Å². The molecule has 420 valence electrons. The number of rotatable bonds is 25. The Morgan fingerprint density at radius 3 is 1.51 bits per heavy atom. The summed E-state index contributed by atoms with van der Waals surface area (Å²) in [5.41, 5.74) is 31.0. The summed E-state index contributed by atoms with van der Waals surface area (Å²) in [6.07, 6.45) is 5.84. The molecule has 2 aromatic carbocycles. The van der Waals surface area contributed by atoms with Crippen molar-refractivity contribution in [1.29, 1.82) is 0 Å². The lowest BCUT2D eigenvalue weighted by atomic mass is 10.0. The van der Waals surface area contributed by atoms with Gasteiger partial charge in [0.2, 0.25) is 41.4 Å². The summed E-state index contributed by atoms with van der Waals surface area (Å²) in [6.45, 7) is 0.162. The van der Waals surface area contributed by atoms with E-state index in [4.69, 9.17) is 28.7 Å². The van der Waals surface area contributed by atoms with Crippen molar-refractivity contribution >= 4 is 81.0 Å². The number of benzene rings is 2. The number of carboxylic acid groups (broad SMARTS) is 1. The average Bonchev–Trinajstić information content (AvgIpc) is 4.35. The van der Waals surface area contributed by atoms with Crippen LogP contribution in [-0.4, -0.2) is 182 Å². The summed E-state index contributed by atoms with van der Waals surface area (Å²) in [7, 11) is 0. The van der Waals surface area contributed by atoms with Crippen LogP contribution in [0.1, 0.15) is 75.3 Å². The fourth-order valence-electron chi connectivity index (χ4n) is 10.6. The van der Waals surface area contributed by atoms with Gasteiger partial charge in [-0.15, -0.1) is 0 Å². The highest BCUT2D eigenvalue weighted by Crippen LogP contribution is 2.27. The van der Waals surface area contributed by atoms with Crippen molar-refractivity contribution in [2.24, 2.45) is 38.7 Å². The van der Waals surface area contributed by atoms with Gasteiger partial charge in [-0.05, 0) is 87.5 Å². The number of hydrogen-bond donors (Lipinski definition) is 13. The first-order chi connectivity index (χ1) is 37.4. The maximum absolute atomic E-state index is 15.1. The van der Waals surface area contributed by atoms with Gasteiger partial charge in [0.1, 0.15) is 48.3 Å². The summed E-state index contributed by atoms with van der Waals surface area (Å²) in [4.78, 5) is 131. The molecule has 4 aromatic rings. The number of aliphatic carboxylic acids is 1. The van der Waals surface area contributed by atoms with Crippen molar-refractivity contribution in [1.82, 2.24) is 45.9 Å². The lowest BCUT2D eigenvalue weighted by Gasteiger charge is -2.33. The lowest BCUT2D eigenvalue weighted by Crippen LogP contribution is -2.60. The second kappa shape index (κ2) is 26.7. The van der Waals surface area contributed by atoms with Crippen molar-refractivity contribution < 1.29 is 48.6 Å². The van der Waals surface area contributed by atoms with E-state index in [1.165, 1.54) is 14.7 Å². The molecule has 18 N–H and O–H groups in total. The van der Waals surface area contributed by atoms with Crippen LogP contribution in [0.15, 0.2) is 70.9 Å². The molecule has 78 heavy (non-hydrogen) atoms. The number of amides is 7. The van der Waals surface area contributed by atoms with Crippen LogP contribution in [0.2, 0.25) is 0 Å². The molecule has 3 saturated heterocycles. The summed E-state index contributed by atoms with van der Waals surface area (Å²) in [5, 5.41) is 32.5. The first-order valence-electron chi connectivity index (χ1n) is 26.4. The Morgan fingerprint density at radius 2 is 1.03 bits per heavy atom. The van der Waals surface area contributed by atoms with Gasteiger partial charge in [0.25, 0.3) is 0 Å². The van der Waals surface area contributed by atoms with Gasteiger partial charge in [-0.3, -0.25) is 43.5 Å². The zero-order valence-electron chi connectivity index (χ0n) is 43.4. The number of carboxylic acids is 1.